The van der Waals surface area contributed by atoms with E-state index in [0.29, 0.717) is 17.2 Å². The Morgan fingerprint density at radius 1 is 1.04 bits per heavy atom. The Balaban J connectivity index is 1.69. The second-order valence-electron chi connectivity index (χ2n) is 6.61. The molecule has 0 atom stereocenters. The van der Waals surface area contributed by atoms with E-state index in [-0.39, 0.29) is 10.8 Å². The van der Waals surface area contributed by atoms with Crippen LogP contribution < -0.4 is 4.72 Å². The maximum absolute atomic E-state index is 12.9. The predicted octanol–water partition coefficient (Wildman–Crippen LogP) is 3.50. The molecule has 0 spiro atoms. The van der Waals surface area contributed by atoms with E-state index in [2.05, 4.69) is 11.6 Å². The minimum atomic E-state index is -3.80. The number of anilines is 1. The zero-order chi connectivity index (χ0) is 18.7. The van der Waals surface area contributed by atoms with Crippen LogP contribution >= 0.6 is 0 Å². The number of halogens is 1. The highest BCUT2D eigenvalue weighted by atomic mass is 32.2. The van der Waals surface area contributed by atoms with Crippen LogP contribution in [0.4, 0.5) is 10.1 Å². The highest BCUT2D eigenvalue weighted by Crippen LogP contribution is 2.20. The first-order valence-electron chi connectivity index (χ1n) is 8.53. The lowest BCUT2D eigenvalue weighted by Gasteiger charge is -2.30. The molecule has 0 aliphatic carbocycles. The maximum atomic E-state index is 12.9. The molecule has 2 aromatic rings. The number of nitrogens with one attached hydrogen (secondary N) is 1. The SMILES string of the molecule is CC1CCN(C(=O)c2ccc(NS(=O)(=O)c3ccc(F)cc3)cc2)CC1. The van der Waals surface area contributed by atoms with Crippen molar-refractivity contribution < 1.29 is 17.6 Å². The summed E-state index contributed by atoms with van der Waals surface area (Å²) in [5.74, 6) is 0.103. The van der Waals surface area contributed by atoms with Crippen molar-refractivity contribution in [2.24, 2.45) is 5.92 Å². The molecule has 1 saturated heterocycles. The summed E-state index contributed by atoms with van der Waals surface area (Å²) in [4.78, 5) is 14.3. The molecule has 0 bridgehead atoms. The minimum absolute atomic E-state index is 0.0264. The topological polar surface area (TPSA) is 66.5 Å². The van der Waals surface area contributed by atoms with Gasteiger partial charge in [0.15, 0.2) is 0 Å². The zero-order valence-corrected chi connectivity index (χ0v) is 15.3. The van der Waals surface area contributed by atoms with Crippen molar-refractivity contribution >= 4 is 21.6 Å². The van der Waals surface area contributed by atoms with Crippen LogP contribution in [0.1, 0.15) is 30.1 Å². The fraction of sp³-hybridized carbons (Fsp3) is 0.316. The van der Waals surface area contributed by atoms with Gasteiger partial charge in [-0.3, -0.25) is 9.52 Å². The van der Waals surface area contributed by atoms with Gasteiger partial charge in [0.05, 0.1) is 4.90 Å². The molecule has 1 aliphatic heterocycles. The molecule has 1 N–H and O–H groups in total. The second-order valence-corrected chi connectivity index (χ2v) is 8.29. The number of hydrogen-bond acceptors (Lipinski definition) is 3. The molecule has 2 aromatic carbocycles. The average molecular weight is 376 g/mol. The number of benzene rings is 2. The van der Waals surface area contributed by atoms with E-state index in [0.717, 1.165) is 38.1 Å². The van der Waals surface area contributed by atoms with Gasteiger partial charge in [-0.15, -0.1) is 0 Å². The van der Waals surface area contributed by atoms with Crippen molar-refractivity contribution in [3.8, 4) is 0 Å². The number of amides is 1. The number of piperidine rings is 1. The van der Waals surface area contributed by atoms with Gasteiger partial charge in [-0.25, -0.2) is 12.8 Å². The summed E-state index contributed by atoms with van der Waals surface area (Å²) in [6, 6.07) is 10.9. The molecule has 1 fully saturated rings. The largest absolute Gasteiger partial charge is 0.339 e. The molecule has 138 valence electrons. The molecule has 1 aliphatic rings. The summed E-state index contributed by atoms with van der Waals surface area (Å²) >= 11 is 0. The van der Waals surface area contributed by atoms with Crippen molar-refractivity contribution in [1.29, 1.82) is 0 Å². The molecule has 0 unspecified atom stereocenters. The number of carbonyl (C=O) groups is 1. The fourth-order valence-corrected chi connectivity index (χ4v) is 3.96. The Labute approximate surface area is 152 Å². The van der Waals surface area contributed by atoms with Gasteiger partial charge < -0.3 is 4.90 Å². The van der Waals surface area contributed by atoms with E-state index >= 15 is 0 Å². The molecule has 1 amide bonds. The number of carbonyl (C=O) groups excluding carboxylic acids is 1. The summed E-state index contributed by atoms with van der Waals surface area (Å²) in [5.41, 5.74) is 0.877. The van der Waals surface area contributed by atoms with Crippen molar-refractivity contribution in [2.45, 2.75) is 24.7 Å². The summed E-state index contributed by atoms with van der Waals surface area (Å²) in [6.07, 6.45) is 2.00. The number of sulfonamides is 1. The molecule has 1 heterocycles. The van der Waals surface area contributed by atoms with Crippen molar-refractivity contribution in [3.05, 3.63) is 59.9 Å². The summed E-state index contributed by atoms with van der Waals surface area (Å²) in [6.45, 7) is 3.68. The van der Waals surface area contributed by atoms with Gasteiger partial charge in [-0.2, -0.15) is 0 Å². The minimum Gasteiger partial charge on any atom is -0.339 e. The molecule has 0 saturated carbocycles. The molecule has 0 radical (unpaired) electrons. The van der Waals surface area contributed by atoms with Gasteiger partial charge in [0, 0.05) is 24.3 Å². The highest BCUT2D eigenvalue weighted by Gasteiger charge is 2.21. The monoisotopic (exact) mass is 376 g/mol. The molecular formula is C19H21FN2O3S. The van der Waals surface area contributed by atoms with Gasteiger partial charge in [-0.1, -0.05) is 6.92 Å². The first-order chi connectivity index (χ1) is 12.3. The van der Waals surface area contributed by atoms with E-state index < -0.39 is 15.8 Å². The van der Waals surface area contributed by atoms with E-state index in [1.807, 2.05) is 4.90 Å². The van der Waals surface area contributed by atoms with E-state index in [9.17, 15) is 17.6 Å². The van der Waals surface area contributed by atoms with Crippen molar-refractivity contribution in [3.63, 3.8) is 0 Å². The highest BCUT2D eigenvalue weighted by molar-refractivity contribution is 7.92. The predicted molar refractivity (Wildman–Crippen MR) is 98.0 cm³/mol. The third-order valence-electron chi connectivity index (χ3n) is 4.58. The molecular weight excluding hydrogens is 355 g/mol. The van der Waals surface area contributed by atoms with Gasteiger partial charge in [0.1, 0.15) is 5.82 Å². The van der Waals surface area contributed by atoms with Crippen LogP contribution in [0.2, 0.25) is 0 Å². The Hall–Kier alpha value is -2.41. The van der Waals surface area contributed by atoms with E-state index in [4.69, 9.17) is 0 Å². The average Bonchev–Trinajstić information content (AvgIpc) is 2.62. The van der Waals surface area contributed by atoms with Crippen LogP contribution in [-0.2, 0) is 10.0 Å². The first kappa shape index (κ1) is 18.4. The third-order valence-corrected chi connectivity index (χ3v) is 5.98. The van der Waals surface area contributed by atoms with Crippen LogP contribution in [0.15, 0.2) is 53.4 Å². The molecule has 26 heavy (non-hydrogen) atoms. The Morgan fingerprint density at radius 3 is 2.19 bits per heavy atom. The van der Waals surface area contributed by atoms with E-state index in [1.54, 1.807) is 24.3 Å². The molecule has 5 nitrogen and oxygen atoms in total. The molecule has 7 heteroatoms. The van der Waals surface area contributed by atoms with E-state index in [1.165, 1.54) is 12.1 Å². The maximum Gasteiger partial charge on any atom is 0.261 e. The van der Waals surface area contributed by atoms with Crippen LogP contribution in [0.5, 0.6) is 0 Å². The Morgan fingerprint density at radius 2 is 1.62 bits per heavy atom. The number of nitrogens with zero attached hydrogens (tertiary/aromatic N) is 1. The van der Waals surface area contributed by atoms with Crippen molar-refractivity contribution in [2.75, 3.05) is 17.8 Å². The van der Waals surface area contributed by atoms with Crippen LogP contribution in [0.3, 0.4) is 0 Å². The Kier molecular flexibility index (Phi) is 5.27. The van der Waals surface area contributed by atoms with Crippen LogP contribution in [0.25, 0.3) is 0 Å². The van der Waals surface area contributed by atoms with Crippen molar-refractivity contribution in [1.82, 2.24) is 4.90 Å². The lowest BCUT2D eigenvalue weighted by molar-refractivity contribution is 0.0697. The second kappa shape index (κ2) is 7.45. The van der Waals surface area contributed by atoms with Gasteiger partial charge in [-0.05, 0) is 67.3 Å². The number of hydrogen-bond donors (Lipinski definition) is 1. The molecule has 0 aromatic heterocycles. The molecule has 3 rings (SSSR count). The Bertz CT molecular complexity index is 872. The third kappa shape index (κ3) is 4.22. The van der Waals surface area contributed by atoms with Crippen LogP contribution in [0, 0.1) is 11.7 Å². The van der Waals surface area contributed by atoms with Gasteiger partial charge in [0.2, 0.25) is 0 Å². The normalized spacial score (nSPS) is 15.7. The standard InChI is InChI=1S/C19H21FN2O3S/c1-14-10-12-22(13-11-14)19(23)15-2-6-17(7-3-15)21-26(24,25)18-8-4-16(20)5-9-18/h2-9,14,21H,10-13H2,1H3. The zero-order valence-electron chi connectivity index (χ0n) is 14.5. The lowest BCUT2D eigenvalue weighted by atomic mass is 9.98. The van der Waals surface area contributed by atoms with Gasteiger partial charge in [0.25, 0.3) is 15.9 Å². The number of rotatable bonds is 4. The lowest BCUT2D eigenvalue weighted by Crippen LogP contribution is -2.37. The summed E-state index contributed by atoms with van der Waals surface area (Å²) in [5, 5.41) is 0. The first-order valence-corrected chi connectivity index (χ1v) is 10.0. The van der Waals surface area contributed by atoms with Gasteiger partial charge >= 0.3 is 0 Å². The summed E-state index contributed by atoms with van der Waals surface area (Å²) < 4.78 is 40.0. The fourth-order valence-electron chi connectivity index (χ4n) is 2.90. The quantitative estimate of drug-likeness (QED) is 0.888. The smallest absolute Gasteiger partial charge is 0.261 e. The van der Waals surface area contributed by atoms with Crippen LogP contribution in [-0.4, -0.2) is 32.3 Å². The summed E-state index contributed by atoms with van der Waals surface area (Å²) in [7, 11) is -3.80. The number of likely N-dealkylation sites (tertiary alicyclic amines) is 1.